The summed E-state index contributed by atoms with van der Waals surface area (Å²) >= 11 is 0. The molecule has 1 nitrogen and oxygen atoms in total. The lowest BCUT2D eigenvalue weighted by Gasteiger charge is -2.23. The molecule has 0 amide bonds. The highest BCUT2D eigenvalue weighted by Gasteiger charge is 2.34. The Morgan fingerprint density at radius 1 is 1.15 bits per heavy atom. The van der Waals surface area contributed by atoms with Gasteiger partial charge in [-0.1, -0.05) is 45.9 Å². The second-order valence-corrected chi connectivity index (χ2v) is 6.54. The Balaban J connectivity index is 2.89. The van der Waals surface area contributed by atoms with E-state index < -0.39 is 17.5 Å². The maximum absolute atomic E-state index is 12.9. The van der Waals surface area contributed by atoms with Crippen LogP contribution < -0.4 is 0 Å². The predicted octanol–water partition coefficient (Wildman–Crippen LogP) is 5.35. The number of carbonyl (C=O) groups is 1. The topological polar surface area (TPSA) is 17.1 Å². The zero-order valence-corrected chi connectivity index (χ0v) is 12.3. The Hall–Kier alpha value is -1.32. The summed E-state index contributed by atoms with van der Waals surface area (Å²) in [6.45, 7) is 8.06. The quantitative estimate of drug-likeness (QED) is 0.682. The van der Waals surface area contributed by atoms with E-state index in [2.05, 4.69) is 20.8 Å². The number of alkyl halides is 3. The fourth-order valence-electron chi connectivity index (χ4n) is 2.52. The number of Topliss-reactive ketones (excluding diaryl/α,β-unsaturated/α-hetero) is 1. The van der Waals surface area contributed by atoms with Gasteiger partial charge in [0.15, 0.2) is 5.78 Å². The summed E-state index contributed by atoms with van der Waals surface area (Å²) in [5, 5.41) is 0. The molecule has 1 unspecified atom stereocenters. The van der Waals surface area contributed by atoms with Gasteiger partial charge in [0, 0.05) is 12.0 Å². The van der Waals surface area contributed by atoms with Crippen molar-refractivity contribution in [2.45, 2.75) is 46.7 Å². The lowest BCUT2D eigenvalue weighted by Crippen LogP contribution is -2.17. The van der Waals surface area contributed by atoms with Crippen LogP contribution in [0.5, 0.6) is 0 Å². The second kappa shape index (κ2) is 5.98. The summed E-state index contributed by atoms with van der Waals surface area (Å²) in [6.07, 6.45) is -3.54. The van der Waals surface area contributed by atoms with Gasteiger partial charge >= 0.3 is 6.18 Å². The Morgan fingerprint density at radius 3 is 2.20 bits per heavy atom. The van der Waals surface area contributed by atoms with Gasteiger partial charge in [-0.2, -0.15) is 13.2 Å². The monoisotopic (exact) mass is 286 g/mol. The maximum Gasteiger partial charge on any atom is 0.417 e. The van der Waals surface area contributed by atoms with Gasteiger partial charge in [0.1, 0.15) is 0 Å². The van der Waals surface area contributed by atoms with Crippen LogP contribution in [0.3, 0.4) is 0 Å². The Bertz CT molecular complexity index is 469. The number of rotatable bonds is 4. The molecule has 0 N–H and O–H groups in total. The molecule has 1 aromatic rings. The van der Waals surface area contributed by atoms with Crippen LogP contribution in [0, 0.1) is 11.3 Å². The molecule has 0 spiro atoms. The SMILES string of the molecule is CC(CC(=O)c1ccccc1C(F)(F)F)CC(C)(C)C. The third kappa shape index (κ3) is 4.99. The molecule has 0 heterocycles. The first-order valence-corrected chi connectivity index (χ1v) is 6.70. The molecule has 0 fully saturated rings. The molecular weight excluding hydrogens is 265 g/mol. The first-order chi connectivity index (χ1) is 9.00. The van der Waals surface area contributed by atoms with Crippen molar-refractivity contribution in [1.29, 1.82) is 0 Å². The van der Waals surface area contributed by atoms with Gasteiger partial charge in [0.2, 0.25) is 0 Å². The van der Waals surface area contributed by atoms with Crippen LogP contribution in [-0.4, -0.2) is 5.78 Å². The van der Waals surface area contributed by atoms with Crippen LogP contribution in [0.2, 0.25) is 0 Å². The van der Waals surface area contributed by atoms with E-state index in [4.69, 9.17) is 0 Å². The Kier molecular flexibility index (Phi) is 5.00. The fraction of sp³-hybridized carbons (Fsp3) is 0.562. The van der Waals surface area contributed by atoms with Gasteiger partial charge in [-0.15, -0.1) is 0 Å². The average molecular weight is 286 g/mol. The molecule has 112 valence electrons. The smallest absolute Gasteiger partial charge is 0.294 e. The number of halogens is 3. The third-order valence-corrected chi connectivity index (χ3v) is 3.03. The molecule has 0 saturated carbocycles. The number of benzene rings is 1. The summed E-state index contributed by atoms with van der Waals surface area (Å²) < 4.78 is 38.6. The first kappa shape index (κ1) is 16.7. The summed E-state index contributed by atoms with van der Waals surface area (Å²) in [5.41, 5.74) is -1.00. The lowest BCUT2D eigenvalue weighted by atomic mass is 9.82. The van der Waals surface area contributed by atoms with E-state index in [0.29, 0.717) is 0 Å². The Morgan fingerprint density at radius 2 is 1.70 bits per heavy atom. The zero-order valence-electron chi connectivity index (χ0n) is 12.3. The van der Waals surface area contributed by atoms with Crippen LogP contribution in [0.15, 0.2) is 24.3 Å². The molecule has 1 atom stereocenters. The van der Waals surface area contributed by atoms with Crippen LogP contribution in [-0.2, 0) is 6.18 Å². The molecule has 0 aliphatic heterocycles. The Labute approximate surface area is 118 Å². The fourth-order valence-corrected chi connectivity index (χ4v) is 2.52. The minimum atomic E-state index is -4.49. The second-order valence-electron chi connectivity index (χ2n) is 6.54. The zero-order chi connectivity index (χ0) is 15.6. The molecule has 0 saturated heterocycles. The number of ketones is 1. The molecular formula is C16H21F3O. The van der Waals surface area contributed by atoms with Crippen molar-refractivity contribution in [3.8, 4) is 0 Å². The van der Waals surface area contributed by atoms with Crippen molar-refractivity contribution in [1.82, 2.24) is 0 Å². The standard InChI is InChI=1S/C16H21F3O/c1-11(10-15(2,3)4)9-14(20)12-7-5-6-8-13(12)16(17,18)19/h5-8,11H,9-10H2,1-4H3. The van der Waals surface area contributed by atoms with Crippen LogP contribution in [0.4, 0.5) is 13.2 Å². The summed E-state index contributed by atoms with van der Waals surface area (Å²) in [7, 11) is 0. The van der Waals surface area contributed by atoms with Gasteiger partial charge in [-0.3, -0.25) is 4.79 Å². The molecule has 0 aliphatic carbocycles. The minimum Gasteiger partial charge on any atom is -0.294 e. The van der Waals surface area contributed by atoms with E-state index in [1.54, 1.807) is 0 Å². The van der Waals surface area contributed by atoms with Gasteiger partial charge < -0.3 is 0 Å². The van der Waals surface area contributed by atoms with E-state index >= 15 is 0 Å². The first-order valence-electron chi connectivity index (χ1n) is 6.70. The molecule has 0 aliphatic rings. The molecule has 20 heavy (non-hydrogen) atoms. The molecule has 0 bridgehead atoms. The molecule has 4 heteroatoms. The van der Waals surface area contributed by atoms with Crippen LogP contribution >= 0.6 is 0 Å². The van der Waals surface area contributed by atoms with Crippen molar-refractivity contribution >= 4 is 5.78 Å². The molecule has 1 rings (SSSR count). The van der Waals surface area contributed by atoms with E-state index in [1.807, 2.05) is 6.92 Å². The molecule has 0 aromatic heterocycles. The van der Waals surface area contributed by atoms with E-state index in [1.165, 1.54) is 18.2 Å². The van der Waals surface area contributed by atoms with Crippen LogP contribution in [0.1, 0.15) is 56.5 Å². The predicted molar refractivity (Wildman–Crippen MR) is 73.6 cm³/mol. The largest absolute Gasteiger partial charge is 0.417 e. The van der Waals surface area contributed by atoms with Crippen molar-refractivity contribution in [2.75, 3.05) is 0 Å². The molecule has 1 aromatic carbocycles. The van der Waals surface area contributed by atoms with Gasteiger partial charge in [0.05, 0.1) is 5.56 Å². The summed E-state index contributed by atoms with van der Waals surface area (Å²) in [4.78, 5) is 12.1. The number of hydrogen-bond acceptors (Lipinski definition) is 1. The summed E-state index contributed by atoms with van der Waals surface area (Å²) in [5.74, 6) is -0.376. The minimum absolute atomic E-state index is 0.0588. The third-order valence-electron chi connectivity index (χ3n) is 3.03. The highest BCUT2D eigenvalue weighted by Crippen LogP contribution is 2.33. The highest BCUT2D eigenvalue weighted by atomic mass is 19.4. The lowest BCUT2D eigenvalue weighted by molar-refractivity contribution is -0.137. The number of hydrogen-bond donors (Lipinski definition) is 0. The van der Waals surface area contributed by atoms with Gasteiger partial charge in [-0.25, -0.2) is 0 Å². The van der Waals surface area contributed by atoms with E-state index in [0.717, 1.165) is 12.5 Å². The van der Waals surface area contributed by atoms with E-state index in [-0.39, 0.29) is 23.3 Å². The van der Waals surface area contributed by atoms with Crippen molar-refractivity contribution in [2.24, 2.45) is 11.3 Å². The van der Waals surface area contributed by atoms with E-state index in [9.17, 15) is 18.0 Å². The van der Waals surface area contributed by atoms with Crippen molar-refractivity contribution in [3.05, 3.63) is 35.4 Å². The summed E-state index contributed by atoms with van der Waals surface area (Å²) in [6, 6.07) is 4.99. The number of carbonyl (C=O) groups excluding carboxylic acids is 1. The van der Waals surface area contributed by atoms with Gasteiger partial charge in [-0.05, 0) is 23.8 Å². The van der Waals surface area contributed by atoms with Gasteiger partial charge in [0.25, 0.3) is 0 Å². The maximum atomic E-state index is 12.9. The highest BCUT2D eigenvalue weighted by molar-refractivity contribution is 5.97. The van der Waals surface area contributed by atoms with Crippen molar-refractivity contribution < 1.29 is 18.0 Å². The van der Waals surface area contributed by atoms with Crippen molar-refractivity contribution in [3.63, 3.8) is 0 Å². The molecule has 0 radical (unpaired) electrons. The van der Waals surface area contributed by atoms with Crippen LogP contribution in [0.25, 0.3) is 0 Å². The average Bonchev–Trinajstić information content (AvgIpc) is 2.25. The normalized spacial score (nSPS) is 14.2.